The van der Waals surface area contributed by atoms with Gasteiger partial charge in [-0.2, -0.15) is 0 Å². The van der Waals surface area contributed by atoms with Gasteiger partial charge in [0.05, 0.1) is 0 Å². The van der Waals surface area contributed by atoms with Crippen molar-refractivity contribution in [1.29, 1.82) is 0 Å². The van der Waals surface area contributed by atoms with E-state index in [0.717, 1.165) is 16.7 Å². The predicted octanol–water partition coefficient (Wildman–Crippen LogP) is 2.86. The van der Waals surface area contributed by atoms with E-state index >= 15 is 0 Å². The topological polar surface area (TPSA) is 103 Å². The lowest BCUT2D eigenvalue weighted by Gasteiger charge is -2.10. The van der Waals surface area contributed by atoms with Crippen LogP contribution >= 0.6 is 0 Å². The lowest BCUT2D eigenvalue weighted by Crippen LogP contribution is -2.37. The maximum Gasteiger partial charge on any atom is 0.325 e. The Kier molecular flexibility index (Phi) is 6.33. The second kappa shape index (κ2) is 9.09. The summed E-state index contributed by atoms with van der Waals surface area (Å²) in [4.78, 5) is 35.6. The minimum absolute atomic E-state index is 0.0989. The first-order valence-electron chi connectivity index (χ1n) is 9.13. The van der Waals surface area contributed by atoms with Gasteiger partial charge in [0.25, 0.3) is 5.91 Å². The number of carbonyl (C=O) groups is 3. The van der Waals surface area contributed by atoms with Crippen molar-refractivity contribution >= 4 is 23.6 Å². The maximum atomic E-state index is 11.9. The zero-order chi connectivity index (χ0) is 20.8. The molecule has 3 amide bonds. The van der Waals surface area contributed by atoms with Gasteiger partial charge < -0.3 is 19.5 Å². The van der Waals surface area contributed by atoms with Crippen molar-refractivity contribution in [3.8, 4) is 11.5 Å². The fourth-order valence-corrected chi connectivity index (χ4v) is 2.83. The lowest BCUT2D eigenvalue weighted by molar-refractivity contribution is -0.148. The van der Waals surface area contributed by atoms with E-state index < -0.39 is 24.5 Å². The Morgan fingerprint density at radius 2 is 1.83 bits per heavy atom. The smallest absolute Gasteiger partial charge is 0.325 e. The molecule has 0 saturated heterocycles. The molecule has 8 heteroatoms. The predicted molar refractivity (Wildman–Crippen MR) is 105 cm³/mol. The lowest BCUT2D eigenvalue weighted by atomic mass is 10.1. The van der Waals surface area contributed by atoms with Crippen molar-refractivity contribution in [3.63, 3.8) is 0 Å². The standard InChI is InChI=1S/C21H22N2O6/c1-13-3-6-16(14(2)9-13)22-21(26)23-19(24)11-27-20(25)8-5-15-4-7-17-18(10-15)29-12-28-17/h3-4,6-7,9-10H,5,8,11-12H2,1-2H3,(H2,22,23,24,26). The van der Waals surface area contributed by atoms with Crippen LogP contribution in [0.15, 0.2) is 36.4 Å². The molecule has 0 aliphatic carbocycles. The average Bonchev–Trinajstić information content (AvgIpc) is 3.14. The number of urea groups is 1. The molecule has 2 aromatic carbocycles. The minimum atomic E-state index is -0.705. The first kappa shape index (κ1) is 20.2. The Hall–Kier alpha value is -3.55. The van der Waals surface area contributed by atoms with Crippen LogP contribution in [0.5, 0.6) is 11.5 Å². The van der Waals surface area contributed by atoms with Crippen LogP contribution < -0.4 is 20.1 Å². The number of carbonyl (C=O) groups excluding carboxylic acids is 3. The molecule has 1 aliphatic rings. The molecule has 0 saturated carbocycles. The van der Waals surface area contributed by atoms with E-state index in [4.69, 9.17) is 14.2 Å². The van der Waals surface area contributed by atoms with Gasteiger partial charge in [0.15, 0.2) is 18.1 Å². The van der Waals surface area contributed by atoms with E-state index in [1.54, 1.807) is 18.2 Å². The molecular weight excluding hydrogens is 376 g/mol. The Morgan fingerprint density at radius 1 is 1.03 bits per heavy atom. The number of ether oxygens (including phenoxy) is 3. The van der Waals surface area contributed by atoms with Gasteiger partial charge in [-0.3, -0.25) is 14.9 Å². The molecule has 0 unspecified atom stereocenters. The third kappa shape index (κ3) is 5.71. The van der Waals surface area contributed by atoms with Crippen molar-refractivity contribution in [2.75, 3.05) is 18.7 Å². The highest BCUT2D eigenvalue weighted by molar-refractivity contribution is 6.02. The maximum absolute atomic E-state index is 11.9. The minimum Gasteiger partial charge on any atom is -0.456 e. The van der Waals surface area contributed by atoms with E-state index in [-0.39, 0.29) is 13.2 Å². The van der Waals surface area contributed by atoms with Gasteiger partial charge in [-0.15, -0.1) is 0 Å². The second-order valence-electron chi connectivity index (χ2n) is 6.67. The van der Waals surface area contributed by atoms with Gasteiger partial charge in [-0.05, 0) is 49.6 Å². The highest BCUT2D eigenvalue weighted by atomic mass is 16.7. The van der Waals surface area contributed by atoms with Crippen LogP contribution in [0.4, 0.5) is 10.5 Å². The van der Waals surface area contributed by atoms with Crippen LogP contribution in [0.2, 0.25) is 0 Å². The zero-order valence-corrected chi connectivity index (χ0v) is 16.2. The molecule has 1 heterocycles. The van der Waals surface area contributed by atoms with Crippen molar-refractivity contribution in [3.05, 3.63) is 53.1 Å². The highest BCUT2D eigenvalue weighted by Gasteiger charge is 2.15. The molecule has 0 spiro atoms. The normalized spacial score (nSPS) is 11.7. The number of aryl methyl sites for hydroxylation is 3. The fraction of sp³-hybridized carbons (Fsp3) is 0.286. The zero-order valence-electron chi connectivity index (χ0n) is 16.2. The second-order valence-corrected chi connectivity index (χ2v) is 6.67. The number of imide groups is 1. The number of anilines is 1. The van der Waals surface area contributed by atoms with Gasteiger partial charge in [-0.1, -0.05) is 23.8 Å². The Balaban J connectivity index is 1.38. The number of hydrogen-bond donors (Lipinski definition) is 2. The summed E-state index contributed by atoms with van der Waals surface area (Å²) >= 11 is 0. The third-order valence-corrected chi connectivity index (χ3v) is 4.30. The molecule has 2 N–H and O–H groups in total. The Labute approximate surface area is 168 Å². The number of benzene rings is 2. The van der Waals surface area contributed by atoms with Gasteiger partial charge in [0, 0.05) is 12.1 Å². The molecule has 0 aromatic heterocycles. The van der Waals surface area contributed by atoms with Crippen LogP contribution in [0, 0.1) is 13.8 Å². The Bertz CT molecular complexity index is 941. The highest BCUT2D eigenvalue weighted by Crippen LogP contribution is 2.32. The van der Waals surface area contributed by atoms with Crippen LogP contribution in [0.1, 0.15) is 23.1 Å². The Morgan fingerprint density at radius 3 is 2.62 bits per heavy atom. The van der Waals surface area contributed by atoms with Gasteiger partial charge in [-0.25, -0.2) is 4.79 Å². The first-order chi connectivity index (χ1) is 13.9. The third-order valence-electron chi connectivity index (χ3n) is 4.30. The molecule has 0 atom stereocenters. The van der Waals surface area contributed by atoms with E-state index in [1.807, 2.05) is 32.0 Å². The molecule has 152 valence electrons. The molecule has 8 nitrogen and oxygen atoms in total. The summed E-state index contributed by atoms with van der Waals surface area (Å²) in [5, 5.41) is 4.72. The number of amides is 3. The van der Waals surface area contributed by atoms with E-state index in [0.29, 0.717) is 23.6 Å². The summed E-state index contributed by atoms with van der Waals surface area (Å²) in [6.45, 7) is 3.46. The number of nitrogens with one attached hydrogen (secondary N) is 2. The molecule has 29 heavy (non-hydrogen) atoms. The van der Waals surface area contributed by atoms with Crippen molar-refractivity contribution < 1.29 is 28.6 Å². The first-order valence-corrected chi connectivity index (χ1v) is 9.13. The molecule has 0 fully saturated rings. The SMILES string of the molecule is Cc1ccc(NC(=O)NC(=O)COC(=O)CCc2ccc3c(c2)OCO3)c(C)c1. The molecular formula is C21H22N2O6. The summed E-state index contributed by atoms with van der Waals surface area (Å²) in [6.07, 6.45) is 0.534. The van der Waals surface area contributed by atoms with Crippen molar-refractivity contribution in [2.24, 2.45) is 0 Å². The summed E-state index contributed by atoms with van der Waals surface area (Å²) in [5.74, 6) is 0.0773. The average molecular weight is 398 g/mol. The van der Waals surface area contributed by atoms with Crippen molar-refractivity contribution in [2.45, 2.75) is 26.7 Å². The number of esters is 1. The van der Waals surface area contributed by atoms with Crippen LogP contribution in [-0.4, -0.2) is 31.3 Å². The summed E-state index contributed by atoms with van der Waals surface area (Å²) < 4.78 is 15.4. The number of hydrogen-bond acceptors (Lipinski definition) is 6. The van der Waals surface area contributed by atoms with Gasteiger partial charge >= 0.3 is 12.0 Å². The number of fused-ring (bicyclic) bond motifs is 1. The van der Waals surface area contributed by atoms with Crippen LogP contribution in [0.25, 0.3) is 0 Å². The molecule has 1 aliphatic heterocycles. The van der Waals surface area contributed by atoms with Gasteiger partial charge in [0.1, 0.15) is 0 Å². The van der Waals surface area contributed by atoms with E-state index in [1.165, 1.54) is 0 Å². The quantitative estimate of drug-likeness (QED) is 0.726. The van der Waals surface area contributed by atoms with Crippen LogP contribution in [-0.2, 0) is 20.7 Å². The fourth-order valence-electron chi connectivity index (χ4n) is 2.83. The van der Waals surface area contributed by atoms with E-state index in [9.17, 15) is 14.4 Å². The van der Waals surface area contributed by atoms with Gasteiger partial charge in [0.2, 0.25) is 6.79 Å². The van der Waals surface area contributed by atoms with Crippen LogP contribution in [0.3, 0.4) is 0 Å². The molecule has 3 rings (SSSR count). The van der Waals surface area contributed by atoms with Crippen molar-refractivity contribution in [1.82, 2.24) is 5.32 Å². The van der Waals surface area contributed by atoms with E-state index in [2.05, 4.69) is 10.6 Å². The molecule has 0 bridgehead atoms. The largest absolute Gasteiger partial charge is 0.456 e. The summed E-state index contributed by atoms with van der Waals surface area (Å²) in [5.41, 5.74) is 3.44. The monoisotopic (exact) mass is 398 g/mol. The molecule has 2 aromatic rings. The molecule has 0 radical (unpaired) electrons. The summed E-state index contributed by atoms with van der Waals surface area (Å²) in [6, 6.07) is 10.3. The summed E-state index contributed by atoms with van der Waals surface area (Å²) in [7, 11) is 0. The number of rotatable bonds is 6.